The average Bonchev–Trinajstić information content (AvgIpc) is 3.37. The van der Waals surface area contributed by atoms with Crippen LogP contribution in [0, 0.1) is 11.3 Å². The Labute approximate surface area is 173 Å². The van der Waals surface area contributed by atoms with Gasteiger partial charge in [0.2, 0.25) is 17.8 Å². The fourth-order valence-electron chi connectivity index (χ4n) is 5.56. The molecule has 2 saturated heterocycles. The number of imide groups is 1. The molecule has 0 aromatic rings. The van der Waals surface area contributed by atoms with Gasteiger partial charge in [-0.05, 0) is 44.1 Å². The van der Waals surface area contributed by atoms with Crippen LogP contribution in [0.5, 0.6) is 0 Å². The minimum absolute atomic E-state index is 0.0113. The largest absolute Gasteiger partial charge is 0.339 e. The molecule has 7 heteroatoms. The highest BCUT2D eigenvalue weighted by Crippen LogP contribution is 2.46. The monoisotopic (exact) mass is 399 g/mol. The highest BCUT2D eigenvalue weighted by molar-refractivity contribution is 5.98. The molecule has 2 unspecified atom stereocenters. The minimum Gasteiger partial charge on any atom is -0.339 e. The van der Waals surface area contributed by atoms with Gasteiger partial charge in [0.25, 0.3) is 0 Å². The van der Waals surface area contributed by atoms with E-state index in [1.807, 2.05) is 0 Å². The zero-order valence-electron chi connectivity index (χ0n) is 17.4. The molecule has 158 valence electrons. The van der Waals surface area contributed by atoms with Crippen LogP contribution in [0.15, 0.2) is 9.98 Å². The molecule has 29 heavy (non-hydrogen) atoms. The summed E-state index contributed by atoms with van der Waals surface area (Å²) in [5.74, 6) is 1.69. The highest BCUT2D eigenvalue weighted by Gasteiger charge is 2.44. The zero-order valence-corrected chi connectivity index (χ0v) is 17.4. The topological polar surface area (TPSA) is 68.6 Å². The number of aliphatic imine (C=N–C) groups is 2. The molecule has 2 atom stereocenters. The van der Waals surface area contributed by atoms with E-state index in [1.165, 1.54) is 19.3 Å². The molecule has 0 N–H and O–H groups in total. The van der Waals surface area contributed by atoms with E-state index in [9.17, 15) is 9.59 Å². The zero-order chi connectivity index (χ0) is 19.8. The van der Waals surface area contributed by atoms with Crippen LogP contribution in [-0.2, 0) is 9.59 Å². The lowest BCUT2D eigenvalue weighted by atomic mass is 9.76. The second-order valence-electron chi connectivity index (χ2n) is 9.71. The molecular weight excluding hydrogens is 366 g/mol. The van der Waals surface area contributed by atoms with E-state index < -0.39 is 0 Å². The number of rotatable bonds is 5. The number of carbonyl (C=O) groups is 2. The van der Waals surface area contributed by atoms with Gasteiger partial charge in [-0.1, -0.05) is 12.8 Å². The minimum atomic E-state index is 0.0113. The summed E-state index contributed by atoms with van der Waals surface area (Å²) in [5.41, 5.74) is 0.0113. The van der Waals surface area contributed by atoms with E-state index in [1.54, 1.807) is 4.90 Å². The predicted octanol–water partition coefficient (Wildman–Crippen LogP) is 1.92. The lowest BCUT2D eigenvalue weighted by Crippen LogP contribution is -2.49. The molecule has 0 aromatic heterocycles. The van der Waals surface area contributed by atoms with Gasteiger partial charge in [0, 0.05) is 57.7 Å². The van der Waals surface area contributed by atoms with Gasteiger partial charge < -0.3 is 4.90 Å². The number of likely N-dealkylation sites (tertiary alicyclic amines) is 1. The first-order chi connectivity index (χ1) is 14.1. The second-order valence-corrected chi connectivity index (χ2v) is 9.71. The third-order valence-corrected chi connectivity index (χ3v) is 7.55. The SMILES string of the molecule is O=C1CC2(CCCC2)CC(=O)N1CCCCN1CCN(C2=NC3CC3C=N2)CC1. The Balaban J connectivity index is 1.01. The Morgan fingerprint density at radius 1 is 0.966 bits per heavy atom. The van der Waals surface area contributed by atoms with Gasteiger partial charge in [-0.15, -0.1) is 0 Å². The van der Waals surface area contributed by atoms with E-state index in [4.69, 9.17) is 4.99 Å². The Morgan fingerprint density at radius 3 is 2.34 bits per heavy atom. The van der Waals surface area contributed by atoms with Gasteiger partial charge in [-0.2, -0.15) is 0 Å². The van der Waals surface area contributed by atoms with Crippen LogP contribution < -0.4 is 0 Å². The fourth-order valence-corrected chi connectivity index (χ4v) is 5.56. The number of hydrogen-bond donors (Lipinski definition) is 0. The van der Waals surface area contributed by atoms with E-state index in [0.29, 0.717) is 31.3 Å². The summed E-state index contributed by atoms with van der Waals surface area (Å²) < 4.78 is 0. The fraction of sp³-hybridized carbons (Fsp3) is 0.818. The number of fused-ring (bicyclic) bond motifs is 1. The van der Waals surface area contributed by atoms with Crippen molar-refractivity contribution in [2.45, 2.75) is 63.8 Å². The molecule has 7 nitrogen and oxygen atoms in total. The van der Waals surface area contributed by atoms with Crippen LogP contribution in [0.1, 0.15) is 57.8 Å². The van der Waals surface area contributed by atoms with Crippen molar-refractivity contribution in [1.82, 2.24) is 14.7 Å². The number of unbranched alkanes of at least 4 members (excludes halogenated alkanes) is 1. The lowest BCUT2D eigenvalue weighted by molar-refractivity contribution is -0.153. The molecule has 1 spiro atoms. The third kappa shape index (κ3) is 4.11. The van der Waals surface area contributed by atoms with Gasteiger partial charge in [-0.3, -0.25) is 19.4 Å². The van der Waals surface area contributed by atoms with Crippen LogP contribution in [0.25, 0.3) is 0 Å². The number of hydrogen-bond acceptors (Lipinski definition) is 6. The molecule has 2 aliphatic carbocycles. The number of nitrogens with zero attached hydrogens (tertiary/aromatic N) is 5. The molecule has 2 saturated carbocycles. The summed E-state index contributed by atoms with van der Waals surface area (Å²) in [6.45, 7) is 5.67. The second kappa shape index (κ2) is 7.82. The first-order valence-electron chi connectivity index (χ1n) is 11.5. The van der Waals surface area contributed by atoms with Gasteiger partial charge in [0.1, 0.15) is 0 Å². The van der Waals surface area contributed by atoms with E-state index in [0.717, 1.165) is 64.4 Å². The predicted molar refractivity (Wildman–Crippen MR) is 112 cm³/mol. The first-order valence-corrected chi connectivity index (χ1v) is 11.5. The summed E-state index contributed by atoms with van der Waals surface area (Å²) >= 11 is 0. The van der Waals surface area contributed by atoms with Gasteiger partial charge in [0.15, 0.2) is 0 Å². The van der Waals surface area contributed by atoms with Crippen LogP contribution in [0.2, 0.25) is 0 Å². The standard InChI is InChI=1S/C22H33N5O2/c28-19-14-22(5-1-2-6-22)15-20(29)27(19)8-4-3-7-25-9-11-26(12-10-25)21-23-16-17-13-18(17)24-21/h16-18H,1-15H2. The van der Waals surface area contributed by atoms with E-state index in [-0.39, 0.29) is 17.2 Å². The van der Waals surface area contributed by atoms with Crippen molar-refractivity contribution >= 4 is 24.0 Å². The molecule has 2 amide bonds. The van der Waals surface area contributed by atoms with Crippen molar-refractivity contribution < 1.29 is 9.59 Å². The maximum absolute atomic E-state index is 12.5. The number of guanidine groups is 1. The number of carbonyl (C=O) groups excluding carboxylic acids is 2. The summed E-state index contributed by atoms with van der Waals surface area (Å²) in [5, 5.41) is 0. The molecule has 0 aromatic carbocycles. The van der Waals surface area contributed by atoms with Gasteiger partial charge in [-0.25, -0.2) is 9.98 Å². The summed E-state index contributed by atoms with van der Waals surface area (Å²) in [7, 11) is 0. The highest BCUT2D eigenvalue weighted by atomic mass is 16.2. The number of piperidine rings is 1. The maximum atomic E-state index is 12.5. The quantitative estimate of drug-likeness (QED) is 0.523. The Morgan fingerprint density at radius 2 is 1.66 bits per heavy atom. The van der Waals surface area contributed by atoms with Crippen LogP contribution in [-0.4, -0.2) is 84.0 Å². The molecular formula is C22H33N5O2. The van der Waals surface area contributed by atoms with E-state index >= 15 is 0 Å². The van der Waals surface area contributed by atoms with Crippen LogP contribution in [0.3, 0.4) is 0 Å². The smallest absolute Gasteiger partial charge is 0.229 e. The van der Waals surface area contributed by atoms with Crippen LogP contribution >= 0.6 is 0 Å². The lowest BCUT2D eigenvalue weighted by Gasteiger charge is -2.37. The van der Waals surface area contributed by atoms with E-state index in [2.05, 4.69) is 21.0 Å². The normalized spacial score (nSPS) is 31.4. The van der Waals surface area contributed by atoms with Crippen molar-refractivity contribution in [3.8, 4) is 0 Å². The molecule has 5 rings (SSSR count). The summed E-state index contributed by atoms with van der Waals surface area (Å²) in [6, 6.07) is 0.504. The average molecular weight is 400 g/mol. The van der Waals surface area contributed by atoms with Crippen molar-refractivity contribution in [2.24, 2.45) is 21.3 Å². The molecule has 5 aliphatic rings. The Hall–Kier alpha value is -1.76. The molecule has 0 radical (unpaired) electrons. The summed E-state index contributed by atoms with van der Waals surface area (Å²) in [4.78, 5) is 40.7. The van der Waals surface area contributed by atoms with Crippen LogP contribution in [0.4, 0.5) is 0 Å². The van der Waals surface area contributed by atoms with Crippen molar-refractivity contribution in [1.29, 1.82) is 0 Å². The first kappa shape index (κ1) is 19.2. The molecule has 4 fully saturated rings. The Bertz CT molecular complexity index is 699. The number of amides is 2. The molecule has 0 bridgehead atoms. The van der Waals surface area contributed by atoms with Crippen molar-refractivity contribution in [2.75, 3.05) is 39.3 Å². The molecule has 3 heterocycles. The van der Waals surface area contributed by atoms with Crippen molar-refractivity contribution in [3.63, 3.8) is 0 Å². The third-order valence-electron chi connectivity index (χ3n) is 7.55. The number of piperazine rings is 1. The van der Waals surface area contributed by atoms with Crippen molar-refractivity contribution in [3.05, 3.63) is 0 Å². The maximum Gasteiger partial charge on any atom is 0.229 e. The van der Waals surface area contributed by atoms with Gasteiger partial charge in [0.05, 0.1) is 6.04 Å². The summed E-state index contributed by atoms with van der Waals surface area (Å²) in [6.07, 6.45) is 10.8. The molecule has 3 aliphatic heterocycles. The van der Waals surface area contributed by atoms with Gasteiger partial charge >= 0.3 is 0 Å². The Kier molecular flexibility index (Phi) is 5.18.